The lowest BCUT2D eigenvalue weighted by atomic mass is 10.1. The van der Waals surface area contributed by atoms with Gasteiger partial charge in [0.2, 0.25) is 0 Å². The van der Waals surface area contributed by atoms with Gasteiger partial charge in [-0.1, -0.05) is 24.3 Å². The topological polar surface area (TPSA) is 20.2 Å². The average molecular weight is 169 g/mol. The summed E-state index contributed by atoms with van der Waals surface area (Å²) in [6.45, 7) is 0. The number of halogens is 1. The molecule has 2 heteroatoms. The molecule has 0 saturated heterocycles. The van der Waals surface area contributed by atoms with Crippen LogP contribution in [-0.4, -0.2) is 11.2 Å². The van der Waals surface area contributed by atoms with Crippen LogP contribution in [0.2, 0.25) is 0 Å². The van der Waals surface area contributed by atoms with Crippen molar-refractivity contribution in [2.75, 3.05) is 0 Å². The molecular formula is C9H9ClO. The van der Waals surface area contributed by atoms with Crippen LogP contribution in [0.3, 0.4) is 0 Å². The summed E-state index contributed by atoms with van der Waals surface area (Å²) in [6.07, 6.45) is 0.304. The molecule has 1 aromatic rings. The summed E-state index contributed by atoms with van der Waals surface area (Å²) < 4.78 is 0. The highest BCUT2D eigenvalue weighted by Gasteiger charge is 2.28. The summed E-state index contributed by atoms with van der Waals surface area (Å²) in [4.78, 5) is 0. The van der Waals surface area contributed by atoms with Crippen LogP contribution in [0, 0.1) is 0 Å². The van der Waals surface area contributed by atoms with E-state index < -0.39 is 6.10 Å². The molecule has 1 aliphatic carbocycles. The van der Waals surface area contributed by atoms with Crippen LogP contribution < -0.4 is 0 Å². The number of fused-ring (bicyclic) bond motifs is 1. The Morgan fingerprint density at radius 2 is 2.09 bits per heavy atom. The molecule has 58 valence electrons. The predicted octanol–water partition coefficient (Wildman–Crippen LogP) is 1.88. The first-order chi connectivity index (χ1) is 5.29. The Morgan fingerprint density at radius 3 is 2.82 bits per heavy atom. The fraction of sp³-hybridized carbons (Fsp3) is 0.333. The first-order valence-electron chi connectivity index (χ1n) is 3.69. The molecule has 0 heterocycles. The molecule has 0 amide bonds. The summed E-state index contributed by atoms with van der Waals surface area (Å²) in [7, 11) is 0. The van der Waals surface area contributed by atoms with Crippen molar-refractivity contribution in [1.29, 1.82) is 0 Å². The second-order valence-electron chi connectivity index (χ2n) is 2.87. The molecule has 2 atom stereocenters. The van der Waals surface area contributed by atoms with E-state index >= 15 is 0 Å². The van der Waals surface area contributed by atoms with Crippen molar-refractivity contribution < 1.29 is 5.11 Å². The predicted molar refractivity (Wildman–Crippen MR) is 44.7 cm³/mol. The quantitative estimate of drug-likeness (QED) is 0.587. The van der Waals surface area contributed by atoms with Gasteiger partial charge in [0.15, 0.2) is 0 Å². The van der Waals surface area contributed by atoms with Crippen LogP contribution in [0.1, 0.15) is 16.5 Å². The van der Waals surface area contributed by atoms with E-state index in [1.54, 1.807) is 0 Å². The van der Waals surface area contributed by atoms with E-state index in [0.717, 1.165) is 5.56 Å². The zero-order chi connectivity index (χ0) is 7.84. The van der Waals surface area contributed by atoms with Crippen LogP contribution in [0.4, 0.5) is 0 Å². The van der Waals surface area contributed by atoms with Gasteiger partial charge in [0.25, 0.3) is 0 Å². The first-order valence-corrected chi connectivity index (χ1v) is 4.12. The lowest BCUT2D eigenvalue weighted by Crippen LogP contribution is -2.07. The molecule has 0 saturated carbocycles. The number of alkyl halides is 1. The number of aliphatic hydroxyl groups excluding tert-OH is 1. The molecule has 0 aromatic heterocycles. The van der Waals surface area contributed by atoms with Crippen molar-refractivity contribution >= 4 is 11.6 Å². The van der Waals surface area contributed by atoms with Gasteiger partial charge in [-0.25, -0.2) is 0 Å². The Balaban J connectivity index is 2.47. The third-order valence-electron chi connectivity index (χ3n) is 2.12. The van der Waals surface area contributed by atoms with Gasteiger partial charge in [-0.3, -0.25) is 0 Å². The highest BCUT2D eigenvalue weighted by atomic mass is 35.5. The summed E-state index contributed by atoms with van der Waals surface area (Å²) >= 11 is 5.94. The molecule has 0 aliphatic heterocycles. The minimum atomic E-state index is -0.394. The minimum Gasteiger partial charge on any atom is -0.391 e. The van der Waals surface area contributed by atoms with E-state index in [-0.39, 0.29) is 5.38 Å². The Kier molecular flexibility index (Phi) is 1.63. The van der Waals surface area contributed by atoms with E-state index in [2.05, 4.69) is 0 Å². The average Bonchev–Trinajstić information content (AvgIpc) is 2.30. The Bertz CT molecular complexity index is 272. The van der Waals surface area contributed by atoms with Crippen LogP contribution in [0.25, 0.3) is 0 Å². The molecule has 0 radical (unpaired) electrons. The number of hydrogen-bond donors (Lipinski definition) is 1. The van der Waals surface area contributed by atoms with Crippen molar-refractivity contribution in [2.24, 2.45) is 0 Å². The van der Waals surface area contributed by atoms with Crippen LogP contribution in [0.5, 0.6) is 0 Å². The molecule has 2 rings (SSSR count). The van der Waals surface area contributed by atoms with Crippen molar-refractivity contribution in [3.8, 4) is 0 Å². The highest BCUT2D eigenvalue weighted by molar-refractivity contribution is 6.21. The van der Waals surface area contributed by atoms with E-state index in [1.807, 2.05) is 24.3 Å². The third-order valence-corrected chi connectivity index (χ3v) is 2.65. The van der Waals surface area contributed by atoms with Gasteiger partial charge in [-0.15, -0.1) is 11.6 Å². The zero-order valence-electron chi connectivity index (χ0n) is 6.00. The van der Waals surface area contributed by atoms with Gasteiger partial charge in [-0.05, 0) is 11.1 Å². The maximum Gasteiger partial charge on any atom is 0.0850 e. The molecular weight excluding hydrogens is 160 g/mol. The van der Waals surface area contributed by atoms with Crippen LogP contribution in [0.15, 0.2) is 24.3 Å². The fourth-order valence-electron chi connectivity index (χ4n) is 1.53. The smallest absolute Gasteiger partial charge is 0.0850 e. The molecule has 0 spiro atoms. The third kappa shape index (κ3) is 1.05. The second-order valence-corrected chi connectivity index (χ2v) is 3.34. The van der Waals surface area contributed by atoms with Gasteiger partial charge < -0.3 is 5.11 Å². The molecule has 0 unspecified atom stereocenters. The van der Waals surface area contributed by atoms with Crippen molar-refractivity contribution in [1.82, 2.24) is 0 Å². The standard InChI is InChI=1S/C9H9ClO/c10-9-7-4-2-1-3-6(7)5-8(9)11/h1-4,8-9,11H,5H2/t8-,9+/m0/s1. The second kappa shape index (κ2) is 2.50. The maximum absolute atomic E-state index is 9.39. The molecule has 0 fully saturated rings. The van der Waals surface area contributed by atoms with Crippen molar-refractivity contribution in [3.63, 3.8) is 0 Å². The molecule has 0 bridgehead atoms. The molecule has 11 heavy (non-hydrogen) atoms. The number of benzene rings is 1. The number of hydrogen-bond acceptors (Lipinski definition) is 1. The maximum atomic E-state index is 9.39. The monoisotopic (exact) mass is 168 g/mol. The van der Waals surface area contributed by atoms with Gasteiger partial charge >= 0.3 is 0 Å². The van der Waals surface area contributed by atoms with Crippen molar-refractivity contribution in [2.45, 2.75) is 17.9 Å². The molecule has 1 aromatic carbocycles. The normalized spacial score (nSPS) is 28.5. The SMILES string of the molecule is O[C@H]1Cc2ccccc2[C@H]1Cl. The van der Waals surface area contributed by atoms with E-state index in [9.17, 15) is 5.11 Å². The lowest BCUT2D eigenvalue weighted by Gasteiger charge is -2.04. The van der Waals surface area contributed by atoms with Crippen molar-refractivity contribution in [3.05, 3.63) is 35.4 Å². The minimum absolute atomic E-state index is 0.203. The van der Waals surface area contributed by atoms with E-state index in [1.165, 1.54) is 5.56 Å². The van der Waals surface area contributed by atoms with Crippen LogP contribution >= 0.6 is 11.6 Å². The van der Waals surface area contributed by atoms with E-state index in [0.29, 0.717) is 6.42 Å². The fourth-order valence-corrected chi connectivity index (χ4v) is 1.83. The van der Waals surface area contributed by atoms with Gasteiger partial charge in [0.1, 0.15) is 0 Å². The van der Waals surface area contributed by atoms with Gasteiger partial charge in [-0.2, -0.15) is 0 Å². The summed E-state index contributed by atoms with van der Waals surface area (Å²) in [5, 5.41) is 9.18. The Morgan fingerprint density at radius 1 is 1.36 bits per heavy atom. The Hall–Kier alpha value is -0.530. The number of aliphatic hydroxyl groups is 1. The van der Waals surface area contributed by atoms with Gasteiger partial charge in [0.05, 0.1) is 11.5 Å². The Labute approximate surface area is 70.6 Å². The van der Waals surface area contributed by atoms with E-state index in [4.69, 9.17) is 11.6 Å². The summed E-state index contributed by atoms with van der Waals surface area (Å²) in [6, 6.07) is 7.91. The molecule has 1 nitrogen and oxygen atoms in total. The molecule has 1 N–H and O–H groups in total. The zero-order valence-corrected chi connectivity index (χ0v) is 6.75. The summed E-state index contributed by atoms with van der Waals surface area (Å²) in [5.41, 5.74) is 2.27. The lowest BCUT2D eigenvalue weighted by molar-refractivity contribution is 0.182. The van der Waals surface area contributed by atoms with Crippen LogP contribution in [-0.2, 0) is 6.42 Å². The number of rotatable bonds is 0. The molecule has 1 aliphatic rings. The summed E-state index contributed by atoms with van der Waals surface area (Å²) in [5.74, 6) is 0. The first kappa shape index (κ1) is 7.14. The van der Waals surface area contributed by atoms with Gasteiger partial charge in [0, 0.05) is 6.42 Å². The largest absolute Gasteiger partial charge is 0.391 e. The highest BCUT2D eigenvalue weighted by Crippen LogP contribution is 2.35.